The minimum absolute atomic E-state index is 0.865. The maximum Gasteiger partial charge on any atom is 0.145 e. The number of hydrogen-bond donors (Lipinski definition) is 0. The second-order valence-electron chi connectivity index (χ2n) is 2.68. The Morgan fingerprint density at radius 2 is 2.11 bits per heavy atom. The molecule has 56 valence electrons. The first-order valence-corrected chi connectivity index (χ1v) is 4.61. The fourth-order valence-electron chi connectivity index (χ4n) is 0.956. The van der Waals surface area contributed by atoms with Crippen molar-refractivity contribution in [3.8, 4) is 0 Å². The highest BCUT2D eigenvalue weighted by atomic mass is 28.2. The Morgan fingerprint density at radius 1 is 1.44 bits per heavy atom. The molecule has 0 aliphatic carbocycles. The van der Waals surface area contributed by atoms with Crippen LogP contribution in [0.3, 0.4) is 0 Å². The predicted octanol–water partition coefficient (Wildman–Crippen LogP) is 1.11. The number of hydrogen-bond acceptors (Lipinski definition) is 1. The van der Waals surface area contributed by atoms with Crippen LogP contribution in [0.25, 0.3) is 0 Å². The summed E-state index contributed by atoms with van der Waals surface area (Å²) in [5, 5.41) is 0. The van der Waals surface area contributed by atoms with Gasteiger partial charge >= 0.3 is 0 Å². The van der Waals surface area contributed by atoms with E-state index in [0.29, 0.717) is 0 Å². The van der Waals surface area contributed by atoms with Gasteiger partial charge in [0, 0.05) is 6.61 Å². The lowest BCUT2D eigenvalue weighted by Gasteiger charge is -2.07. The maximum atomic E-state index is 5.10. The molecule has 0 spiro atoms. The molecule has 1 unspecified atom stereocenters. The lowest BCUT2D eigenvalue weighted by molar-refractivity contribution is 0.301. The van der Waals surface area contributed by atoms with Crippen LogP contribution in [0.5, 0.6) is 0 Å². The molecule has 0 N–H and O–H groups in total. The average Bonchev–Trinajstić information content (AvgIpc) is 1.85. The SMILES string of the molecule is CCCC(C)CCO[SiH3]. The molecule has 0 saturated carbocycles. The summed E-state index contributed by atoms with van der Waals surface area (Å²) >= 11 is 0. The zero-order valence-corrected chi connectivity index (χ0v) is 8.81. The van der Waals surface area contributed by atoms with E-state index < -0.39 is 0 Å². The van der Waals surface area contributed by atoms with Gasteiger partial charge in [0.05, 0.1) is 0 Å². The Morgan fingerprint density at radius 3 is 2.56 bits per heavy atom. The predicted molar refractivity (Wildman–Crippen MR) is 44.6 cm³/mol. The molecule has 0 aliphatic heterocycles. The van der Waals surface area contributed by atoms with Gasteiger partial charge in [-0.05, 0) is 12.3 Å². The summed E-state index contributed by atoms with van der Waals surface area (Å²) in [6, 6.07) is 0. The summed E-state index contributed by atoms with van der Waals surface area (Å²) in [6.45, 7) is 5.51. The van der Waals surface area contributed by atoms with E-state index in [1.165, 1.54) is 19.3 Å². The molecule has 2 heteroatoms. The third-order valence-corrected chi connectivity index (χ3v) is 2.00. The molecule has 0 aromatic rings. The second kappa shape index (κ2) is 6.30. The molecule has 0 fully saturated rings. The standard InChI is InChI=1S/C7H18OSi/c1-3-4-7(2)5-6-8-9/h7H,3-6H2,1-2,9H3. The molecular weight excluding hydrogens is 128 g/mol. The van der Waals surface area contributed by atoms with Crippen LogP contribution in [0.4, 0.5) is 0 Å². The van der Waals surface area contributed by atoms with Crippen molar-refractivity contribution < 1.29 is 4.43 Å². The van der Waals surface area contributed by atoms with Gasteiger partial charge in [-0.2, -0.15) is 0 Å². The molecule has 0 radical (unpaired) electrons. The van der Waals surface area contributed by atoms with Gasteiger partial charge in [-0.1, -0.05) is 26.7 Å². The molecule has 0 aromatic carbocycles. The summed E-state index contributed by atoms with van der Waals surface area (Å²) in [4.78, 5) is 0. The fourth-order valence-corrected chi connectivity index (χ4v) is 1.19. The lowest BCUT2D eigenvalue weighted by Crippen LogP contribution is -1.99. The lowest BCUT2D eigenvalue weighted by atomic mass is 10.0. The van der Waals surface area contributed by atoms with E-state index in [1.54, 1.807) is 0 Å². The van der Waals surface area contributed by atoms with Gasteiger partial charge in [-0.15, -0.1) is 0 Å². The largest absolute Gasteiger partial charge is 0.428 e. The molecule has 0 aromatic heterocycles. The van der Waals surface area contributed by atoms with Crippen molar-refractivity contribution in [2.24, 2.45) is 5.92 Å². The molecule has 1 atom stereocenters. The highest BCUT2D eigenvalue weighted by Crippen LogP contribution is 2.08. The molecule has 1 nitrogen and oxygen atoms in total. The summed E-state index contributed by atoms with van der Waals surface area (Å²) in [5.74, 6) is 0.865. The highest BCUT2D eigenvalue weighted by molar-refractivity contribution is 5.97. The summed E-state index contributed by atoms with van der Waals surface area (Å²) in [5.41, 5.74) is 0. The van der Waals surface area contributed by atoms with Crippen LogP contribution in [0, 0.1) is 5.92 Å². The van der Waals surface area contributed by atoms with E-state index in [0.717, 1.165) is 23.0 Å². The minimum atomic E-state index is 0.865. The van der Waals surface area contributed by atoms with E-state index in [1.807, 2.05) is 0 Å². The molecule has 0 rings (SSSR count). The van der Waals surface area contributed by atoms with Crippen LogP contribution in [0.15, 0.2) is 0 Å². The van der Waals surface area contributed by atoms with Gasteiger partial charge in [-0.3, -0.25) is 0 Å². The fraction of sp³-hybridized carbons (Fsp3) is 1.00. The molecule has 0 heterocycles. The molecule has 0 aliphatic rings. The van der Waals surface area contributed by atoms with Crippen LogP contribution in [-0.4, -0.2) is 17.1 Å². The summed E-state index contributed by atoms with van der Waals surface area (Å²) < 4.78 is 5.10. The summed E-state index contributed by atoms with van der Waals surface area (Å²) in [7, 11) is 0.899. The van der Waals surface area contributed by atoms with Crippen LogP contribution in [-0.2, 0) is 4.43 Å². The Bertz CT molecular complexity index is 56.9. The van der Waals surface area contributed by atoms with E-state index in [4.69, 9.17) is 4.43 Å². The van der Waals surface area contributed by atoms with Gasteiger partial charge in [0.25, 0.3) is 0 Å². The van der Waals surface area contributed by atoms with E-state index in [-0.39, 0.29) is 0 Å². The van der Waals surface area contributed by atoms with Gasteiger partial charge < -0.3 is 4.43 Å². The Balaban J connectivity index is 2.95. The van der Waals surface area contributed by atoms with Crippen molar-refractivity contribution in [2.75, 3.05) is 6.61 Å². The molecule has 9 heavy (non-hydrogen) atoms. The Kier molecular flexibility index (Phi) is 6.42. The normalized spacial score (nSPS) is 14.0. The first kappa shape index (κ1) is 9.18. The Labute approximate surface area is 61.3 Å². The van der Waals surface area contributed by atoms with Crippen molar-refractivity contribution in [2.45, 2.75) is 33.1 Å². The van der Waals surface area contributed by atoms with Crippen LogP contribution in [0.2, 0.25) is 0 Å². The van der Waals surface area contributed by atoms with Gasteiger partial charge in [-0.25, -0.2) is 0 Å². The van der Waals surface area contributed by atoms with Crippen molar-refractivity contribution >= 4 is 10.5 Å². The van der Waals surface area contributed by atoms with E-state index >= 15 is 0 Å². The van der Waals surface area contributed by atoms with Crippen molar-refractivity contribution in [3.05, 3.63) is 0 Å². The van der Waals surface area contributed by atoms with Gasteiger partial charge in [0.15, 0.2) is 0 Å². The quantitative estimate of drug-likeness (QED) is 0.528. The third kappa shape index (κ3) is 6.06. The summed E-state index contributed by atoms with van der Waals surface area (Å²) in [6.07, 6.45) is 3.91. The van der Waals surface area contributed by atoms with Crippen LogP contribution < -0.4 is 0 Å². The smallest absolute Gasteiger partial charge is 0.145 e. The highest BCUT2D eigenvalue weighted by Gasteiger charge is 1.97. The average molecular weight is 146 g/mol. The van der Waals surface area contributed by atoms with Crippen molar-refractivity contribution in [1.82, 2.24) is 0 Å². The first-order valence-electron chi connectivity index (χ1n) is 3.80. The molecule has 0 saturated heterocycles. The van der Waals surface area contributed by atoms with Gasteiger partial charge in [0.2, 0.25) is 0 Å². The zero-order valence-electron chi connectivity index (χ0n) is 6.81. The minimum Gasteiger partial charge on any atom is -0.428 e. The first-order chi connectivity index (χ1) is 4.31. The van der Waals surface area contributed by atoms with Crippen molar-refractivity contribution in [1.29, 1.82) is 0 Å². The van der Waals surface area contributed by atoms with Crippen LogP contribution in [0.1, 0.15) is 33.1 Å². The van der Waals surface area contributed by atoms with E-state index in [9.17, 15) is 0 Å². The monoisotopic (exact) mass is 146 g/mol. The van der Waals surface area contributed by atoms with Gasteiger partial charge in [0.1, 0.15) is 10.5 Å². The molecule has 0 bridgehead atoms. The second-order valence-corrected chi connectivity index (χ2v) is 3.25. The molecular formula is C7H18OSi. The van der Waals surface area contributed by atoms with Crippen molar-refractivity contribution in [3.63, 3.8) is 0 Å². The maximum absolute atomic E-state index is 5.10. The van der Waals surface area contributed by atoms with Crippen LogP contribution >= 0.6 is 0 Å². The topological polar surface area (TPSA) is 9.23 Å². The van der Waals surface area contributed by atoms with E-state index in [2.05, 4.69) is 13.8 Å². The third-order valence-electron chi connectivity index (χ3n) is 1.60. The number of rotatable bonds is 5. The zero-order chi connectivity index (χ0) is 7.11. The Hall–Kier alpha value is 0.177. The molecule has 0 amide bonds.